The first-order valence-corrected chi connectivity index (χ1v) is 8.17. The number of halogens is 1. The Bertz CT molecular complexity index is 818. The molecule has 1 N–H and O–H groups in total. The Kier molecular flexibility index (Phi) is 4.73. The van der Waals surface area contributed by atoms with Crippen LogP contribution in [0.25, 0.3) is 0 Å². The summed E-state index contributed by atoms with van der Waals surface area (Å²) >= 11 is 6.02. The molecule has 0 atom stereocenters. The molecule has 0 heterocycles. The topological polar surface area (TPSA) is 72.5 Å². The van der Waals surface area contributed by atoms with Gasteiger partial charge in [0, 0.05) is 11.6 Å². The van der Waals surface area contributed by atoms with Crippen LogP contribution in [-0.2, 0) is 10.0 Å². The van der Waals surface area contributed by atoms with Crippen molar-refractivity contribution in [2.75, 3.05) is 11.8 Å². The maximum Gasteiger partial charge on any atom is 0.261 e. The zero-order valence-electron chi connectivity index (χ0n) is 12.0. The highest BCUT2D eigenvalue weighted by molar-refractivity contribution is 7.92. The number of ketones is 1. The molecule has 0 saturated heterocycles. The van der Waals surface area contributed by atoms with Crippen LogP contribution in [0.3, 0.4) is 0 Å². The van der Waals surface area contributed by atoms with Crippen LogP contribution in [0.15, 0.2) is 47.4 Å². The largest absolute Gasteiger partial charge is 0.497 e. The van der Waals surface area contributed by atoms with Crippen molar-refractivity contribution >= 4 is 33.1 Å². The summed E-state index contributed by atoms with van der Waals surface area (Å²) in [5.41, 5.74) is 0.555. The Morgan fingerprint density at radius 3 is 2.50 bits per heavy atom. The number of Topliss-reactive ketones (excluding diaryl/α,β-unsaturated/α-hetero) is 1. The molecule has 0 spiro atoms. The van der Waals surface area contributed by atoms with Gasteiger partial charge in [-0.15, -0.1) is 0 Å². The fourth-order valence-electron chi connectivity index (χ4n) is 1.79. The van der Waals surface area contributed by atoms with Gasteiger partial charge in [0.1, 0.15) is 5.75 Å². The fraction of sp³-hybridized carbons (Fsp3) is 0.133. The second kappa shape index (κ2) is 6.37. The molecule has 5 nitrogen and oxygen atoms in total. The van der Waals surface area contributed by atoms with Crippen molar-refractivity contribution in [1.82, 2.24) is 0 Å². The van der Waals surface area contributed by atoms with Crippen LogP contribution in [0.2, 0.25) is 5.02 Å². The van der Waals surface area contributed by atoms with E-state index in [9.17, 15) is 13.2 Å². The van der Waals surface area contributed by atoms with Crippen LogP contribution < -0.4 is 9.46 Å². The first-order valence-electron chi connectivity index (χ1n) is 6.31. The van der Waals surface area contributed by atoms with Crippen LogP contribution >= 0.6 is 11.6 Å². The monoisotopic (exact) mass is 339 g/mol. The Morgan fingerprint density at radius 1 is 1.18 bits per heavy atom. The molecule has 116 valence electrons. The van der Waals surface area contributed by atoms with Crippen molar-refractivity contribution in [2.24, 2.45) is 0 Å². The summed E-state index contributed by atoms with van der Waals surface area (Å²) in [5, 5.41) is 0.214. The van der Waals surface area contributed by atoms with Crippen LogP contribution in [0.5, 0.6) is 5.75 Å². The Labute approximate surface area is 133 Å². The van der Waals surface area contributed by atoms with E-state index in [0.29, 0.717) is 11.3 Å². The molecule has 2 aromatic carbocycles. The molecule has 2 rings (SSSR count). The van der Waals surface area contributed by atoms with E-state index < -0.39 is 10.0 Å². The fourth-order valence-corrected chi connectivity index (χ4v) is 3.19. The molecule has 0 bridgehead atoms. The van der Waals surface area contributed by atoms with E-state index >= 15 is 0 Å². The smallest absolute Gasteiger partial charge is 0.261 e. The molecule has 0 aliphatic carbocycles. The molecule has 0 unspecified atom stereocenters. The number of anilines is 1. The van der Waals surface area contributed by atoms with Gasteiger partial charge in [-0.05, 0) is 31.2 Å². The highest BCUT2D eigenvalue weighted by Crippen LogP contribution is 2.28. The first kappa shape index (κ1) is 16.3. The Morgan fingerprint density at radius 2 is 1.91 bits per heavy atom. The lowest BCUT2D eigenvalue weighted by molar-refractivity contribution is 0.101. The number of nitrogens with one attached hydrogen (secondary N) is 1. The number of benzene rings is 2. The summed E-state index contributed by atoms with van der Waals surface area (Å²) in [6.45, 7) is 1.37. The number of methoxy groups -OCH3 is 1. The number of sulfonamides is 1. The van der Waals surface area contributed by atoms with Crippen molar-refractivity contribution in [3.05, 3.63) is 53.1 Å². The number of rotatable bonds is 5. The van der Waals surface area contributed by atoms with Crippen molar-refractivity contribution in [3.8, 4) is 5.75 Å². The van der Waals surface area contributed by atoms with Gasteiger partial charge in [-0.3, -0.25) is 9.52 Å². The molecule has 0 aliphatic heterocycles. The standard InChI is InChI=1S/C15H14ClNO4S/c1-10(18)11-4-3-5-13(8-11)22(19,20)17-15-7-6-12(21-2)9-14(15)16/h3-9,17H,1-2H3. The summed E-state index contributed by atoms with van der Waals surface area (Å²) < 4.78 is 32.1. The lowest BCUT2D eigenvalue weighted by Crippen LogP contribution is -2.13. The minimum atomic E-state index is -3.84. The van der Waals surface area contributed by atoms with Crippen LogP contribution in [-0.4, -0.2) is 21.3 Å². The number of carbonyl (C=O) groups excluding carboxylic acids is 1. The van der Waals surface area contributed by atoms with E-state index in [4.69, 9.17) is 16.3 Å². The Balaban J connectivity index is 2.35. The van der Waals surface area contributed by atoms with Gasteiger partial charge in [0.05, 0.1) is 22.7 Å². The minimum Gasteiger partial charge on any atom is -0.497 e. The predicted molar refractivity (Wildman–Crippen MR) is 85.3 cm³/mol. The molecular formula is C15H14ClNO4S. The highest BCUT2D eigenvalue weighted by Gasteiger charge is 2.17. The van der Waals surface area contributed by atoms with Gasteiger partial charge >= 0.3 is 0 Å². The molecule has 0 saturated carbocycles. The summed E-state index contributed by atoms with van der Waals surface area (Å²) in [7, 11) is -2.35. The average molecular weight is 340 g/mol. The van der Waals surface area contributed by atoms with Crippen LogP contribution in [0, 0.1) is 0 Å². The third-order valence-corrected chi connectivity index (χ3v) is 4.65. The second-order valence-electron chi connectivity index (χ2n) is 4.54. The van der Waals surface area contributed by atoms with Gasteiger partial charge in [0.15, 0.2) is 5.78 Å². The first-order chi connectivity index (χ1) is 10.3. The Hall–Kier alpha value is -2.05. The minimum absolute atomic E-state index is 0.00733. The van der Waals surface area contributed by atoms with Gasteiger partial charge in [-0.1, -0.05) is 23.7 Å². The van der Waals surface area contributed by atoms with E-state index in [2.05, 4.69) is 4.72 Å². The van der Waals surface area contributed by atoms with Crippen molar-refractivity contribution in [2.45, 2.75) is 11.8 Å². The average Bonchev–Trinajstić information content (AvgIpc) is 2.49. The molecule has 0 aliphatic rings. The lowest BCUT2D eigenvalue weighted by atomic mass is 10.2. The molecule has 0 aromatic heterocycles. The summed E-state index contributed by atoms with van der Waals surface area (Å²) in [5.74, 6) is 0.311. The van der Waals surface area contributed by atoms with Gasteiger partial charge in [0.2, 0.25) is 0 Å². The third-order valence-electron chi connectivity index (χ3n) is 2.97. The van der Waals surface area contributed by atoms with E-state index in [0.717, 1.165) is 0 Å². The molecule has 0 radical (unpaired) electrons. The highest BCUT2D eigenvalue weighted by atomic mass is 35.5. The zero-order valence-corrected chi connectivity index (χ0v) is 13.5. The van der Waals surface area contributed by atoms with Gasteiger partial charge in [-0.2, -0.15) is 0 Å². The SMILES string of the molecule is COc1ccc(NS(=O)(=O)c2cccc(C(C)=O)c2)c(Cl)c1. The van der Waals surface area contributed by atoms with E-state index in [1.54, 1.807) is 12.1 Å². The number of carbonyl (C=O) groups is 1. The molecule has 7 heteroatoms. The number of hydrogen-bond acceptors (Lipinski definition) is 4. The van der Waals surface area contributed by atoms with Gasteiger partial charge in [0.25, 0.3) is 10.0 Å². The zero-order chi connectivity index (χ0) is 16.3. The number of hydrogen-bond donors (Lipinski definition) is 1. The molecule has 0 amide bonds. The molecule has 22 heavy (non-hydrogen) atoms. The number of ether oxygens (including phenoxy) is 1. The van der Waals surface area contributed by atoms with Crippen molar-refractivity contribution in [3.63, 3.8) is 0 Å². The van der Waals surface area contributed by atoms with E-state index in [1.807, 2.05) is 0 Å². The quantitative estimate of drug-likeness (QED) is 0.848. The van der Waals surface area contributed by atoms with Crippen molar-refractivity contribution < 1.29 is 17.9 Å². The lowest BCUT2D eigenvalue weighted by Gasteiger charge is -2.11. The van der Waals surface area contributed by atoms with Gasteiger partial charge < -0.3 is 4.74 Å². The van der Waals surface area contributed by atoms with Gasteiger partial charge in [-0.25, -0.2) is 8.42 Å². The summed E-state index contributed by atoms with van der Waals surface area (Å²) in [6, 6.07) is 10.4. The van der Waals surface area contributed by atoms with Crippen LogP contribution in [0.1, 0.15) is 17.3 Å². The van der Waals surface area contributed by atoms with Crippen LogP contribution in [0.4, 0.5) is 5.69 Å². The molecular weight excluding hydrogens is 326 g/mol. The van der Waals surface area contributed by atoms with E-state index in [1.165, 1.54) is 44.4 Å². The molecule has 0 fully saturated rings. The second-order valence-corrected chi connectivity index (χ2v) is 6.62. The maximum absolute atomic E-state index is 12.4. The third kappa shape index (κ3) is 3.58. The normalized spacial score (nSPS) is 11.0. The summed E-state index contributed by atoms with van der Waals surface area (Å²) in [4.78, 5) is 11.3. The predicted octanol–water partition coefficient (Wildman–Crippen LogP) is 3.35. The van der Waals surface area contributed by atoms with E-state index in [-0.39, 0.29) is 21.4 Å². The summed E-state index contributed by atoms with van der Waals surface area (Å²) in [6.07, 6.45) is 0. The molecule has 2 aromatic rings. The van der Waals surface area contributed by atoms with Crippen molar-refractivity contribution in [1.29, 1.82) is 0 Å². The maximum atomic E-state index is 12.4.